The Morgan fingerprint density at radius 3 is 2.06 bits per heavy atom. The minimum atomic E-state index is -0.129. The number of ketones is 1. The van der Waals surface area contributed by atoms with E-state index in [2.05, 4.69) is 77.0 Å². The first-order chi connectivity index (χ1) is 16.5. The molecule has 1 N–H and O–H groups in total. The van der Waals surface area contributed by atoms with Crippen LogP contribution in [0.2, 0.25) is 0 Å². The van der Waals surface area contributed by atoms with Crippen LogP contribution in [0.15, 0.2) is 42.9 Å². The summed E-state index contributed by atoms with van der Waals surface area (Å²) in [5.74, 6) is 0.958. The van der Waals surface area contributed by atoms with Crippen molar-refractivity contribution < 1.29 is 4.79 Å². The summed E-state index contributed by atoms with van der Waals surface area (Å²) in [6.07, 6.45) is 8.15. The highest BCUT2D eigenvalue weighted by atomic mass is 16.1. The van der Waals surface area contributed by atoms with Crippen molar-refractivity contribution in [1.29, 1.82) is 0 Å². The van der Waals surface area contributed by atoms with Crippen molar-refractivity contribution in [2.75, 3.05) is 13.1 Å². The van der Waals surface area contributed by atoms with Crippen molar-refractivity contribution in [3.8, 4) is 0 Å². The SMILES string of the molecule is CCCNCCC.Cc1ccc(C(C)C)cc1C.Cc1cn(C(C)C(=O)C(C)C)c2cnccc12. The van der Waals surface area contributed by atoms with E-state index in [0.717, 1.165) is 5.52 Å². The minimum absolute atomic E-state index is 0.0550. The van der Waals surface area contributed by atoms with Gasteiger partial charge >= 0.3 is 0 Å². The van der Waals surface area contributed by atoms with E-state index in [9.17, 15) is 4.79 Å². The van der Waals surface area contributed by atoms with Crippen LogP contribution in [-0.4, -0.2) is 28.4 Å². The number of aryl methyl sites for hydroxylation is 3. The Labute approximate surface area is 214 Å². The molecule has 1 aromatic carbocycles. The van der Waals surface area contributed by atoms with E-state index >= 15 is 0 Å². The number of nitrogens with zero attached hydrogens (tertiary/aromatic N) is 2. The number of benzene rings is 1. The largest absolute Gasteiger partial charge is 0.336 e. The Hall–Kier alpha value is -2.46. The fourth-order valence-electron chi connectivity index (χ4n) is 3.82. The highest BCUT2D eigenvalue weighted by molar-refractivity contribution is 5.88. The lowest BCUT2D eigenvalue weighted by Gasteiger charge is -2.16. The molecular weight excluding hydrogens is 430 g/mol. The lowest BCUT2D eigenvalue weighted by atomic mass is 9.99. The molecule has 0 spiro atoms. The van der Waals surface area contributed by atoms with Crippen LogP contribution in [0.3, 0.4) is 0 Å². The van der Waals surface area contributed by atoms with Crippen molar-refractivity contribution in [2.24, 2.45) is 5.92 Å². The Bertz CT molecular complexity index is 1030. The molecule has 0 radical (unpaired) electrons. The lowest BCUT2D eigenvalue weighted by Crippen LogP contribution is -2.20. The van der Waals surface area contributed by atoms with E-state index in [1.54, 1.807) is 6.20 Å². The molecule has 0 fully saturated rings. The molecule has 0 saturated carbocycles. The number of Topliss-reactive ketones (excluding diaryl/α,β-unsaturated/α-hetero) is 1. The third kappa shape index (κ3) is 9.60. The van der Waals surface area contributed by atoms with Crippen molar-refractivity contribution in [3.05, 3.63) is 65.1 Å². The summed E-state index contributed by atoms with van der Waals surface area (Å²) in [5, 5.41) is 4.45. The summed E-state index contributed by atoms with van der Waals surface area (Å²) in [5.41, 5.74) is 6.44. The Morgan fingerprint density at radius 2 is 1.54 bits per heavy atom. The molecule has 2 aromatic heterocycles. The maximum absolute atomic E-state index is 12.1. The van der Waals surface area contributed by atoms with Crippen LogP contribution in [0.5, 0.6) is 0 Å². The van der Waals surface area contributed by atoms with Gasteiger partial charge in [-0.3, -0.25) is 9.78 Å². The van der Waals surface area contributed by atoms with E-state index in [1.807, 2.05) is 43.8 Å². The van der Waals surface area contributed by atoms with Gasteiger partial charge in [-0.15, -0.1) is 0 Å². The fourth-order valence-corrected chi connectivity index (χ4v) is 3.82. The quantitative estimate of drug-likeness (QED) is 0.333. The molecule has 0 aliphatic heterocycles. The van der Waals surface area contributed by atoms with Gasteiger partial charge in [-0.25, -0.2) is 0 Å². The van der Waals surface area contributed by atoms with Crippen LogP contribution in [-0.2, 0) is 4.79 Å². The summed E-state index contributed by atoms with van der Waals surface area (Å²) < 4.78 is 2.03. The summed E-state index contributed by atoms with van der Waals surface area (Å²) in [6, 6.07) is 8.56. The molecule has 0 saturated heterocycles. The topological polar surface area (TPSA) is 46.9 Å². The van der Waals surface area contributed by atoms with Crippen LogP contribution in [0, 0.1) is 26.7 Å². The van der Waals surface area contributed by atoms with Gasteiger partial charge in [0.25, 0.3) is 0 Å². The van der Waals surface area contributed by atoms with Crippen LogP contribution >= 0.6 is 0 Å². The molecule has 4 nitrogen and oxygen atoms in total. The van der Waals surface area contributed by atoms with Crippen LogP contribution in [0.25, 0.3) is 10.9 Å². The first-order valence-electron chi connectivity index (χ1n) is 13.3. The molecule has 3 aromatic rings. The zero-order valence-corrected chi connectivity index (χ0v) is 23.9. The lowest BCUT2D eigenvalue weighted by molar-refractivity contribution is -0.124. The summed E-state index contributed by atoms with van der Waals surface area (Å²) in [4.78, 5) is 16.2. The fraction of sp³-hybridized carbons (Fsp3) is 0.548. The molecule has 0 aliphatic carbocycles. The number of rotatable bonds is 8. The van der Waals surface area contributed by atoms with Gasteiger partial charge in [-0.2, -0.15) is 0 Å². The zero-order valence-electron chi connectivity index (χ0n) is 23.9. The smallest absolute Gasteiger partial charge is 0.157 e. The summed E-state index contributed by atoms with van der Waals surface area (Å²) >= 11 is 0. The van der Waals surface area contributed by atoms with Crippen molar-refractivity contribution in [1.82, 2.24) is 14.9 Å². The van der Waals surface area contributed by atoms with Gasteiger partial charge in [0.05, 0.1) is 17.8 Å². The number of carbonyl (C=O) groups is 1. The minimum Gasteiger partial charge on any atom is -0.336 e. The van der Waals surface area contributed by atoms with Crippen molar-refractivity contribution >= 4 is 16.7 Å². The zero-order chi connectivity index (χ0) is 26.5. The third-order valence-corrected chi connectivity index (χ3v) is 6.29. The monoisotopic (exact) mass is 479 g/mol. The van der Waals surface area contributed by atoms with Crippen molar-refractivity contribution in [3.63, 3.8) is 0 Å². The number of hydrogen-bond donors (Lipinski definition) is 1. The second-order valence-electron chi connectivity index (χ2n) is 10.1. The molecule has 1 unspecified atom stereocenters. The first kappa shape index (κ1) is 30.6. The highest BCUT2D eigenvalue weighted by Crippen LogP contribution is 2.25. The van der Waals surface area contributed by atoms with Gasteiger partial charge < -0.3 is 9.88 Å². The molecule has 35 heavy (non-hydrogen) atoms. The van der Waals surface area contributed by atoms with Crippen LogP contribution in [0.1, 0.15) is 95.5 Å². The molecule has 2 heterocycles. The molecular formula is C31H49N3O. The van der Waals surface area contributed by atoms with Gasteiger partial charge in [0.1, 0.15) is 0 Å². The number of hydrogen-bond acceptors (Lipinski definition) is 3. The first-order valence-corrected chi connectivity index (χ1v) is 13.3. The summed E-state index contributed by atoms with van der Waals surface area (Å²) in [7, 11) is 0. The van der Waals surface area contributed by atoms with E-state index in [-0.39, 0.29) is 17.7 Å². The Kier molecular flexibility index (Phi) is 13.6. The van der Waals surface area contributed by atoms with Gasteiger partial charge in [0, 0.05) is 23.7 Å². The predicted molar refractivity (Wildman–Crippen MR) is 152 cm³/mol. The normalized spacial score (nSPS) is 11.7. The Morgan fingerprint density at radius 1 is 0.914 bits per heavy atom. The maximum atomic E-state index is 12.1. The molecule has 3 rings (SSSR count). The standard InChI is InChI=1S/C14H18N2O.C11H16.C6H15N/c1-9(2)14(17)11(4)16-8-10(3)12-5-6-15-7-13(12)16;1-8(2)11-6-5-9(3)10(4)7-11;1-3-5-7-6-4-2/h5-9,11H,1-4H3;5-8H,1-4H3;7H,3-6H2,1-2H3. The second-order valence-corrected chi connectivity index (χ2v) is 10.1. The average molecular weight is 480 g/mol. The predicted octanol–water partition coefficient (Wildman–Crippen LogP) is 7.95. The Balaban J connectivity index is 0.000000293. The molecule has 1 atom stereocenters. The van der Waals surface area contributed by atoms with Crippen molar-refractivity contribution in [2.45, 2.75) is 94.0 Å². The molecule has 0 aliphatic rings. The maximum Gasteiger partial charge on any atom is 0.157 e. The second kappa shape index (κ2) is 15.5. The van der Waals surface area contributed by atoms with Gasteiger partial charge in [0.15, 0.2) is 5.78 Å². The van der Waals surface area contributed by atoms with Crippen LogP contribution in [0.4, 0.5) is 0 Å². The van der Waals surface area contributed by atoms with Gasteiger partial charge in [-0.05, 0) is 87.9 Å². The number of fused-ring (bicyclic) bond motifs is 1. The number of nitrogens with one attached hydrogen (secondary N) is 1. The van der Waals surface area contributed by atoms with E-state index in [4.69, 9.17) is 0 Å². The molecule has 0 amide bonds. The number of pyridine rings is 1. The number of aromatic nitrogens is 2. The average Bonchev–Trinajstić information content (AvgIpc) is 3.17. The van der Waals surface area contributed by atoms with E-state index < -0.39 is 0 Å². The van der Waals surface area contributed by atoms with Gasteiger partial charge in [-0.1, -0.05) is 59.7 Å². The molecule has 194 valence electrons. The van der Waals surface area contributed by atoms with Gasteiger partial charge in [0.2, 0.25) is 0 Å². The highest BCUT2D eigenvalue weighted by Gasteiger charge is 2.20. The number of carbonyl (C=O) groups excluding carboxylic acids is 1. The van der Waals surface area contributed by atoms with Crippen LogP contribution < -0.4 is 5.32 Å². The third-order valence-electron chi connectivity index (χ3n) is 6.29. The molecule has 4 heteroatoms. The molecule has 0 bridgehead atoms. The summed E-state index contributed by atoms with van der Waals surface area (Å²) in [6.45, 7) is 23.4. The van der Waals surface area contributed by atoms with E-state index in [1.165, 1.54) is 53.6 Å². The van der Waals surface area contributed by atoms with E-state index in [0.29, 0.717) is 5.92 Å².